The average molecular weight is 305 g/mol. The second-order valence-electron chi connectivity index (χ2n) is 4.83. The van der Waals surface area contributed by atoms with E-state index in [0.29, 0.717) is 18.1 Å². The molecule has 0 spiro atoms. The van der Waals surface area contributed by atoms with Gasteiger partial charge in [0.05, 0.1) is 11.9 Å². The quantitative estimate of drug-likeness (QED) is 0.524. The predicted octanol–water partition coefficient (Wildman–Crippen LogP) is 3.03. The minimum atomic E-state index is -0.250. The minimum Gasteiger partial charge on any atom is -0.489 e. The molecule has 2 aromatic carbocycles. The number of carbonyl (C=O) groups is 1. The molecule has 2 aromatic rings. The van der Waals surface area contributed by atoms with E-state index in [-0.39, 0.29) is 5.91 Å². The Kier molecular flexibility index (Phi) is 4.29. The maximum Gasteiger partial charge on any atom is 0.276 e. The number of anilines is 1. The summed E-state index contributed by atoms with van der Waals surface area (Å²) < 4.78 is 5.55. The number of amides is 1. The van der Waals surface area contributed by atoms with Gasteiger partial charge >= 0.3 is 0 Å². The molecule has 0 aliphatic carbocycles. The molecule has 5 heteroatoms. The van der Waals surface area contributed by atoms with Crippen molar-refractivity contribution in [3.05, 3.63) is 72.3 Å². The lowest BCUT2D eigenvalue weighted by Crippen LogP contribution is -2.13. The third kappa shape index (κ3) is 3.18. The smallest absolute Gasteiger partial charge is 0.276 e. The summed E-state index contributed by atoms with van der Waals surface area (Å²) in [6, 6.07) is 14.9. The Labute approximate surface area is 134 Å². The maximum atomic E-state index is 11.9. The summed E-state index contributed by atoms with van der Waals surface area (Å²) in [7, 11) is 0. The van der Waals surface area contributed by atoms with E-state index in [1.807, 2.05) is 48.5 Å². The highest BCUT2D eigenvalue weighted by Crippen LogP contribution is 2.22. The molecule has 1 amide bonds. The lowest BCUT2D eigenvalue weighted by Gasteiger charge is -2.05. The van der Waals surface area contributed by atoms with Crippen LogP contribution in [0, 0.1) is 0 Å². The number of benzene rings is 2. The van der Waals surface area contributed by atoms with Gasteiger partial charge in [-0.25, -0.2) is 0 Å². The molecular weight excluding hydrogens is 290 g/mol. The molecule has 1 aliphatic heterocycles. The van der Waals surface area contributed by atoms with Crippen molar-refractivity contribution < 1.29 is 9.53 Å². The first-order valence-corrected chi connectivity index (χ1v) is 7.14. The molecule has 0 saturated heterocycles. The van der Waals surface area contributed by atoms with E-state index < -0.39 is 0 Å². The second-order valence-corrected chi connectivity index (χ2v) is 4.83. The normalized spacial score (nSPS) is 14.8. The fraction of sp³-hybridized carbons (Fsp3) is 0.0556. The SMILES string of the molecule is C=CCOc1ccccc1C=N/N=C1\C(=O)Nc2ccccc21. The summed E-state index contributed by atoms with van der Waals surface area (Å²) in [6.07, 6.45) is 3.24. The fourth-order valence-electron chi connectivity index (χ4n) is 2.22. The Balaban J connectivity index is 1.84. The molecule has 1 aliphatic rings. The van der Waals surface area contributed by atoms with Gasteiger partial charge < -0.3 is 10.1 Å². The van der Waals surface area contributed by atoms with Gasteiger partial charge in [-0.1, -0.05) is 43.0 Å². The number of hydrogen-bond donors (Lipinski definition) is 1. The molecule has 0 aromatic heterocycles. The lowest BCUT2D eigenvalue weighted by atomic mass is 10.1. The Morgan fingerprint density at radius 1 is 1.13 bits per heavy atom. The summed E-state index contributed by atoms with van der Waals surface area (Å²) in [5.74, 6) is 0.437. The van der Waals surface area contributed by atoms with Gasteiger partial charge in [0, 0.05) is 11.1 Å². The van der Waals surface area contributed by atoms with E-state index >= 15 is 0 Å². The van der Waals surface area contributed by atoms with Gasteiger partial charge in [0.15, 0.2) is 5.71 Å². The van der Waals surface area contributed by atoms with Crippen LogP contribution in [0.25, 0.3) is 0 Å². The van der Waals surface area contributed by atoms with Crippen molar-refractivity contribution in [3.8, 4) is 5.75 Å². The standard InChI is InChI=1S/C18H15N3O2/c1-2-11-23-16-10-6-3-7-13(16)12-19-21-17-14-8-4-5-9-15(14)20-18(17)22/h2-10,12H,1,11H2,(H,20,21,22). The molecule has 0 radical (unpaired) electrons. The first-order chi connectivity index (χ1) is 11.3. The number of para-hydroxylation sites is 2. The van der Waals surface area contributed by atoms with Crippen LogP contribution in [0.3, 0.4) is 0 Å². The second kappa shape index (κ2) is 6.70. The third-order valence-corrected chi connectivity index (χ3v) is 3.28. The van der Waals surface area contributed by atoms with Crippen molar-refractivity contribution in [1.82, 2.24) is 0 Å². The Bertz CT molecular complexity index is 809. The van der Waals surface area contributed by atoms with E-state index in [0.717, 1.165) is 16.8 Å². The molecule has 0 saturated carbocycles. The topological polar surface area (TPSA) is 63.1 Å². The van der Waals surface area contributed by atoms with Crippen molar-refractivity contribution in [2.45, 2.75) is 0 Å². The molecular formula is C18H15N3O2. The van der Waals surface area contributed by atoms with E-state index in [4.69, 9.17) is 4.74 Å². The van der Waals surface area contributed by atoms with Gasteiger partial charge in [-0.3, -0.25) is 4.79 Å². The molecule has 1 heterocycles. The van der Waals surface area contributed by atoms with Gasteiger partial charge in [0.2, 0.25) is 0 Å². The zero-order valence-corrected chi connectivity index (χ0v) is 12.4. The van der Waals surface area contributed by atoms with Gasteiger partial charge in [0.25, 0.3) is 5.91 Å². The van der Waals surface area contributed by atoms with Crippen LogP contribution in [-0.2, 0) is 4.79 Å². The van der Waals surface area contributed by atoms with Crippen LogP contribution in [-0.4, -0.2) is 24.4 Å². The van der Waals surface area contributed by atoms with Crippen molar-refractivity contribution in [3.63, 3.8) is 0 Å². The summed E-state index contributed by atoms with van der Waals surface area (Å²) >= 11 is 0. The maximum absolute atomic E-state index is 11.9. The molecule has 1 N–H and O–H groups in total. The van der Waals surface area contributed by atoms with Gasteiger partial charge in [-0.15, -0.1) is 5.10 Å². The summed E-state index contributed by atoms with van der Waals surface area (Å²) in [6.45, 7) is 4.04. The highest BCUT2D eigenvalue weighted by molar-refractivity contribution is 6.53. The molecule has 0 bridgehead atoms. The predicted molar refractivity (Wildman–Crippen MR) is 91.3 cm³/mol. The average Bonchev–Trinajstić information content (AvgIpc) is 2.90. The Morgan fingerprint density at radius 3 is 2.78 bits per heavy atom. The summed E-state index contributed by atoms with van der Waals surface area (Å²) in [5, 5.41) is 10.9. The van der Waals surface area contributed by atoms with Crippen LogP contribution in [0.4, 0.5) is 5.69 Å². The highest BCUT2D eigenvalue weighted by Gasteiger charge is 2.25. The Hall–Kier alpha value is -3.21. The fourth-order valence-corrected chi connectivity index (χ4v) is 2.22. The number of rotatable bonds is 5. The van der Waals surface area contributed by atoms with Crippen LogP contribution in [0.15, 0.2) is 71.4 Å². The number of ether oxygens (including phenoxy) is 1. The van der Waals surface area contributed by atoms with Crippen LogP contribution in [0.2, 0.25) is 0 Å². The van der Waals surface area contributed by atoms with Crippen molar-refractivity contribution >= 4 is 23.5 Å². The van der Waals surface area contributed by atoms with Gasteiger partial charge in [0.1, 0.15) is 12.4 Å². The summed E-state index contributed by atoms with van der Waals surface area (Å²) in [5.41, 5.74) is 2.60. The number of carbonyl (C=O) groups excluding carboxylic acids is 1. The van der Waals surface area contributed by atoms with Crippen LogP contribution >= 0.6 is 0 Å². The first kappa shape index (κ1) is 14.7. The van der Waals surface area contributed by atoms with Crippen LogP contribution < -0.4 is 10.1 Å². The molecule has 23 heavy (non-hydrogen) atoms. The Morgan fingerprint density at radius 2 is 1.91 bits per heavy atom. The minimum absolute atomic E-state index is 0.250. The summed E-state index contributed by atoms with van der Waals surface area (Å²) in [4.78, 5) is 11.9. The number of fused-ring (bicyclic) bond motifs is 1. The lowest BCUT2D eigenvalue weighted by molar-refractivity contribution is -0.110. The molecule has 0 fully saturated rings. The van der Waals surface area contributed by atoms with E-state index in [1.54, 1.807) is 12.3 Å². The largest absolute Gasteiger partial charge is 0.489 e. The molecule has 114 valence electrons. The van der Waals surface area contributed by atoms with Crippen molar-refractivity contribution in [2.75, 3.05) is 11.9 Å². The third-order valence-electron chi connectivity index (χ3n) is 3.28. The van der Waals surface area contributed by atoms with Crippen molar-refractivity contribution in [2.24, 2.45) is 10.2 Å². The van der Waals surface area contributed by atoms with E-state index in [2.05, 4.69) is 22.1 Å². The van der Waals surface area contributed by atoms with Gasteiger partial charge in [-0.2, -0.15) is 5.10 Å². The molecule has 5 nitrogen and oxygen atoms in total. The zero-order valence-electron chi connectivity index (χ0n) is 12.4. The van der Waals surface area contributed by atoms with E-state index in [1.165, 1.54) is 0 Å². The monoisotopic (exact) mass is 305 g/mol. The first-order valence-electron chi connectivity index (χ1n) is 7.14. The van der Waals surface area contributed by atoms with Crippen LogP contribution in [0.1, 0.15) is 11.1 Å². The molecule has 0 unspecified atom stereocenters. The van der Waals surface area contributed by atoms with Crippen molar-refractivity contribution in [1.29, 1.82) is 0 Å². The zero-order chi connectivity index (χ0) is 16.1. The van der Waals surface area contributed by atoms with E-state index in [9.17, 15) is 4.79 Å². The highest BCUT2D eigenvalue weighted by atomic mass is 16.5. The van der Waals surface area contributed by atoms with Gasteiger partial charge in [-0.05, 0) is 18.2 Å². The molecule has 0 atom stereocenters. The number of nitrogens with one attached hydrogen (secondary N) is 1. The number of hydrogen-bond acceptors (Lipinski definition) is 4. The molecule has 3 rings (SSSR count). The number of nitrogens with zero attached hydrogens (tertiary/aromatic N) is 2. The van der Waals surface area contributed by atoms with Crippen LogP contribution in [0.5, 0.6) is 5.75 Å².